The molecule has 5 nitrogen and oxygen atoms in total. The predicted molar refractivity (Wildman–Crippen MR) is 41.5 cm³/mol. The van der Waals surface area contributed by atoms with Crippen LogP contribution in [0.15, 0.2) is 0 Å². The normalized spacial score (nSPS) is 9.17. The van der Waals surface area contributed by atoms with Gasteiger partial charge in [-0.1, -0.05) is 6.92 Å². The molecule has 1 amide bonds. The molecule has 0 spiro atoms. The molecule has 0 aromatic heterocycles. The molecule has 12 heavy (non-hydrogen) atoms. The molecule has 0 radical (unpaired) electrons. The Morgan fingerprint density at radius 1 is 1.50 bits per heavy atom. The molecular weight excluding hydrogens is 162 g/mol. The maximum absolute atomic E-state index is 10.7. The van der Waals surface area contributed by atoms with Gasteiger partial charge in [0.05, 0.1) is 0 Å². The van der Waals surface area contributed by atoms with Crippen molar-refractivity contribution in [3.05, 3.63) is 0 Å². The number of amides is 1. The van der Waals surface area contributed by atoms with Crippen LogP contribution >= 0.6 is 0 Å². The van der Waals surface area contributed by atoms with Crippen LogP contribution in [0.5, 0.6) is 0 Å². The molecule has 0 saturated carbocycles. The lowest BCUT2D eigenvalue weighted by Gasteiger charge is -2.02. The summed E-state index contributed by atoms with van der Waals surface area (Å²) >= 11 is 0. The first-order chi connectivity index (χ1) is 5.70. The maximum Gasteiger partial charge on any atom is 0.414 e. The highest BCUT2D eigenvalue weighted by Gasteiger charge is 2.05. The van der Waals surface area contributed by atoms with Crippen molar-refractivity contribution in [2.45, 2.75) is 19.8 Å². The van der Waals surface area contributed by atoms with Gasteiger partial charge in [-0.3, -0.25) is 4.79 Å². The third kappa shape index (κ3) is 5.67. The van der Waals surface area contributed by atoms with E-state index in [4.69, 9.17) is 5.11 Å². The minimum Gasteiger partial charge on any atom is -0.396 e. The summed E-state index contributed by atoms with van der Waals surface area (Å²) in [5.74, 6) is -0.559. The molecule has 0 saturated heterocycles. The number of aliphatic hydroxyl groups excluding tert-OH is 1. The molecule has 0 heterocycles. The van der Waals surface area contributed by atoms with Gasteiger partial charge in [-0.05, 0) is 6.42 Å². The Balaban J connectivity index is 3.40. The largest absolute Gasteiger partial charge is 0.414 e. The van der Waals surface area contributed by atoms with Crippen molar-refractivity contribution < 1.29 is 19.4 Å². The molecule has 5 heteroatoms. The van der Waals surface area contributed by atoms with Gasteiger partial charge >= 0.3 is 12.1 Å². The number of alkyl carbamates (subject to hydrolysis) is 1. The average Bonchev–Trinajstić information content (AvgIpc) is 2.05. The van der Waals surface area contributed by atoms with Crippen LogP contribution in [0.4, 0.5) is 4.79 Å². The van der Waals surface area contributed by atoms with Gasteiger partial charge in [0.2, 0.25) is 0 Å². The first-order valence-electron chi connectivity index (χ1n) is 3.80. The number of carbonyl (C=O) groups excluding carboxylic acids is 2. The molecule has 2 N–H and O–H groups in total. The molecule has 0 aliphatic carbocycles. The Labute approximate surface area is 70.7 Å². The molecule has 0 unspecified atom stereocenters. The van der Waals surface area contributed by atoms with E-state index in [1.54, 1.807) is 6.92 Å². The fraction of sp³-hybridized carbons (Fsp3) is 0.714. The van der Waals surface area contributed by atoms with Crippen molar-refractivity contribution in [2.24, 2.45) is 0 Å². The second-order valence-corrected chi connectivity index (χ2v) is 2.12. The highest BCUT2D eigenvalue weighted by molar-refractivity contribution is 5.84. The van der Waals surface area contributed by atoms with Gasteiger partial charge in [-0.2, -0.15) is 0 Å². The Hall–Kier alpha value is -1.10. The summed E-state index contributed by atoms with van der Waals surface area (Å²) in [6.45, 7) is 1.91. The SMILES string of the molecule is CCC(=O)OC(=O)NCCCO. The van der Waals surface area contributed by atoms with Crippen molar-refractivity contribution in [3.63, 3.8) is 0 Å². The fourth-order valence-corrected chi connectivity index (χ4v) is 0.481. The molecular formula is C7H13NO4. The van der Waals surface area contributed by atoms with Crippen LogP contribution in [-0.4, -0.2) is 30.3 Å². The standard InChI is InChI=1S/C7H13NO4/c1-2-6(10)12-7(11)8-4-3-5-9/h9H,2-5H2,1H3,(H,8,11). The number of hydrogen-bond acceptors (Lipinski definition) is 4. The molecule has 0 aromatic rings. The number of carbonyl (C=O) groups is 2. The molecule has 0 aliphatic heterocycles. The Bertz CT molecular complexity index is 157. The number of aliphatic hydroxyl groups is 1. The summed E-state index contributed by atoms with van der Waals surface area (Å²) < 4.78 is 4.28. The Morgan fingerprint density at radius 2 is 2.17 bits per heavy atom. The highest BCUT2D eigenvalue weighted by Crippen LogP contribution is 1.85. The molecule has 0 atom stereocenters. The average molecular weight is 175 g/mol. The van der Waals surface area contributed by atoms with Crippen LogP contribution in [0, 0.1) is 0 Å². The summed E-state index contributed by atoms with van der Waals surface area (Å²) in [5, 5.41) is 10.7. The third-order valence-electron chi connectivity index (χ3n) is 1.10. The summed E-state index contributed by atoms with van der Waals surface area (Å²) in [7, 11) is 0. The van der Waals surface area contributed by atoms with Crippen molar-refractivity contribution in [1.82, 2.24) is 5.32 Å². The monoisotopic (exact) mass is 175 g/mol. The maximum atomic E-state index is 10.7. The van der Waals surface area contributed by atoms with Crippen molar-refractivity contribution in [2.75, 3.05) is 13.2 Å². The minimum atomic E-state index is -0.754. The zero-order chi connectivity index (χ0) is 9.40. The van der Waals surface area contributed by atoms with Gasteiger partial charge in [0, 0.05) is 19.6 Å². The van der Waals surface area contributed by atoms with Crippen molar-refractivity contribution >= 4 is 12.1 Å². The Morgan fingerprint density at radius 3 is 2.67 bits per heavy atom. The summed E-state index contributed by atoms with van der Waals surface area (Å²) in [4.78, 5) is 21.2. The van der Waals surface area contributed by atoms with Crippen LogP contribution < -0.4 is 5.32 Å². The van der Waals surface area contributed by atoms with E-state index in [1.807, 2.05) is 0 Å². The van der Waals surface area contributed by atoms with Gasteiger partial charge in [-0.15, -0.1) is 0 Å². The number of esters is 1. The van der Waals surface area contributed by atoms with E-state index in [0.717, 1.165) is 0 Å². The smallest absolute Gasteiger partial charge is 0.396 e. The first kappa shape index (κ1) is 10.9. The molecule has 0 rings (SSSR count). The van der Waals surface area contributed by atoms with E-state index in [2.05, 4.69) is 10.1 Å². The van der Waals surface area contributed by atoms with Crippen molar-refractivity contribution in [1.29, 1.82) is 0 Å². The molecule has 0 bridgehead atoms. The van der Waals surface area contributed by atoms with Gasteiger partial charge in [0.1, 0.15) is 0 Å². The van der Waals surface area contributed by atoms with E-state index in [0.29, 0.717) is 13.0 Å². The first-order valence-corrected chi connectivity index (χ1v) is 3.80. The van der Waals surface area contributed by atoms with E-state index in [9.17, 15) is 9.59 Å². The lowest BCUT2D eigenvalue weighted by Crippen LogP contribution is -2.27. The fourth-order valence-electron chi connectivity index (χ4n) is 0.481. The van der Waals surface area contributed by atoms with Crippen LogP contribution in [-0.2, 0) is 9.53 Å². The van der Waals surface area contributed by atoms with Crippen LogP contribution in [0.25, 0.3) is 0 Å². The highest BCUT2D eigenvalue weighted by atomic mass is 16.6. The lowest BCUT2D eigenvalue weighted by molar-refractivity contribution is -0.136. The third-order valence-corrected chi connectivity index (χ3v) is 1.10. The number of ether oxygens (including phenoxy) is 1. The number of nitrogens with one attached hydrogen (secondary N) is 1. The second-order valence-electron chi connectivity index (χ2n) is 2.12. The molecule has 0 fully saturated rings. The van der Waals surface area contributed by atoms with Gasteiger partial charge in [0.15, 0.2) is 0 Å². The number of hydrogen-bond donors (Lipinski definition) is 2. The molecule has 70 valence electrons. The van der Waals surface area contributed by atoms with Gasteiger partial charge in [-0.25, -0.2) is 4.79 Å². The van der Waals surface area contributed by atoms with E-state index in [-0.39, 0.29) is 13.0 Å². The van der Waals surface area contributed by atoms with Crippen LogP contribution in [0.1, 0.15) is 19.8 Å². The zero-order valence-electron chi connectivity index (χ0n) is 7.00. The van der Waals surface area contributed by atoms with E-state index < -0.39 is 12.1 Å². The van der Waals surface area contributed by atoms with Crippen molar-refractivity contribution in [3.8, 4) is 0 Å². The topological polar surface area (TPSA) is 75.6 Å². The lowest BCUT2D eigenvalue weighted by atomic mass is 10.4. The minimum absolute atomic E-state index is 0.00199. The number of rotatable bonds is 4. The summed E-state index contributed by atoms with van der Waals surface area (Å²) in [5.41, 5.74) is 0. The van der Waals surface area contributed by atoms with Gasteiger partial charge < -0.3 is 15.2 Å². The van der Waals surface area contributed by atoms with E-state index >= 15 is 0 Å². The zero-order valence-corrected chi connectivity index (χ0v) is 7.00. The summed E-state index contributed by atoms with van der Waals surface area (Å²) in [6.07, 6.45) is -0.127. The van der Waals surface area contributed by atoms with Crippen LogP contribution in [0.3, 0.4) is 0 Å². The molecule has 0 aliphatic rings. The van der Waals surface area contributed by atoms with E-state index in [1.165, 1.54) is 0 Å². The molecule has 0 aromatic carbocycles. The quantitative estimate of drug-likeness (QED) is 0.359. The second kappa shape index (κ2) is 6.60. The Kier molecular flexibility index (Phi) is 6.00. The summed E-state index contributed by atoms with van der Waals surface area (Å²) in [6, 6.07) is 0. The predicted octanol–water partition coefficient (Wildman–Crippen LogP) is 0.0316. The van der Waals surface area contributed by atoms with Gasteiger partial charge in [0.25, 0.3) is 0 Å². The van der Waals surface area contributed by atoms with Crippen LogP contribution in [0.2, 0.25) is 0 Å².